The molecule has 1 unspecified atom stereocenters. The number of rotatable bonds is 7. The van der Waals surface area contributed by atoms with Crippen molar-refractivity contribution in [3.05, 3.63) is 63.6 Å². The first-order valence-corrected chi connectivity index (χ1v) is 14.1. The molecule has 0 radical (unpaired) electrons. The molecular formula is C28H38Cl2N4O2S. The average Bonchev–Trinajstić information content (AvgIpc) is 3.08. The van der Waals surface area contributed by atoms with E-state index in [1.165, 1.54) is 0 Å². The van der Waals surface area contributed by atoms with E-state index in [-0.39, 0.29) is 30.4 Å². The average molecular weight is 566 g/mol. The van der Waals surface area contributed by atoms with Gasteiger partial charge in [0.05, 0.1) is 6.54 Å². The maximum atomic E-state index is 13.7. The summed E-state index contributed by atoms with van der Waals surface area (Å²) >= 11 is 16.5. The van der Waals surface area contributed by atoms with Crippen LogP contribution in [0.5, 0.6) is 0 Å². The van der Waals surface area contributed by atoms with Crippen LogP contribution >= 0.6 is 35.8 Å². The van der Waals surface area contributed by atoms with Crippen LogP contribution in [0.25, 0.3) is 0 Å². The third-order valence-electron chi connectivity index (χ3n) is 6.53. The van der Waals surface area contributed by atoms with Crippen LogP contribution in [-0.4, -0.2) is 53.7 Å². The van der Waals surface area contributed by atoms with Gasteiger partial charge in [-0.2, -0.15) is 12.6 Å². The van der Waals surface area contributed by atoms with E-state index in [0.29, 0.717) is 27.4 Å². The van der Waals surface area contributed by atoms with E-state index in [1.54, 1.807) is 12.1 Å². The van der Waals surface area contributed by atoms with Gasteiger partial charge in [0.2, 0.25) is 11.8 Å². The van der Waals surface area contributed by atoms with E-state index in [0.717, 1.165) is 37.1 Å². The number of nitrogens with one attached hydrogen (secondary N) is 3. The van der Waals surface area contributed by atoms with Crippen LogP contribution in [0.15, 0.2) is 42.5 Å². The summed E-state index contributed by atoms with van der Waals surface area (Å²) in [4.78, 5) is 28.9. The molecule has 0 saturated carbocycles. The van der Waals surface area contributed by atoms with E-state index in [4.69, 9.17) is 23.2 Å². The van der Waals surface area contributed by atoms with E-state index in [9.17, 15) is 9.59 Å². The van der Waals surface area contributed by atoms with Gasteiger partial charge in [-0.3, -0.25) is 14.5 Å². The largest absolute Gasteiger partial charge is 0.352 e. The lowest BCUT2D eigenvalue weighted by molar-refractivity contribution is -0.134. The molecule has 202 valence electrons. The summed E-state index contributed by atoms with van der Waals surface area (Å²) in [7, 11) is 0. The number of carbonyl (C=O) groups excluding carboxylic acids is 2. The second kappa shape index (κ2) is 13.3. The molecule has 6 nitrogen and oxygen atoms in total. The minimum Gasteiger partial charge on any atom is -0.352 e. The second-order valence-electron chi connectivity index (χ2n) is 10.2. The number of anilines is 1. The van der Waals surface area contributed by atoms with Gasteiger partial charge in [0.15, 0.2) is 0 Å². The summed E-state index contributed by atoms with van der Waals surface area (Å²) in [5.41, 5.74) is 1.36. The van der Waals surface area contributed by atoms with Crippen molar-refractivity contribution >= 4 is 53.3 Å². The Morgan fingerprint density at radius 2 is 1.76 bits per heavy atom. The molecule has 0 bridgehead atoms. The van der Waals surface area contributed by atoms with Gasteiger partial charge in [-0.25, -0.2) is 0 Å². The highest BCUT2D eigenvalue weighted by atomic mass is 35.5. The van der Waals surface area contributed by atoms with Crippen molar-refractivity contribution in [3.63, 3.8) is 0 Å². The number of amides is 2. The molecule has 0 aromatic heterocycles. The van der Waals surface area contributed by atoms with Gasteiger partial charge in [0.1, 0.15) is 5.54 Å². The van der Waals surface area contributed by atoms with Crippen molar-refractivity contribution < 1.29 is 9.59 Å². The lowest BCUT2D eigenvalue weighted by Gasteiger charge is -2.42. The van der Waals surface area contributed by atoms with Crippen LogP contribution < -0.4 is 16.0 Å². The molecule has 2 aliphatic heterocycles. The SMILES string of the molecule is CC(C)N(CC(=O)NC1CCNCC1)C1(Cc2cccc(Cl)c2)C(=O)Nc2cc(Cl)ccc21.CC(C)S. The molecule has 2 aliphatic rings. The molecule has 0 spiro atoms. The molecular weight excluding hydrogens is 527 g/mol. The van der Waals surface area contributed by atoms with Gasteiger partial charge in [-0.05, 0) is 74.9 Å². The highest BCUT2D eigenvalue weighted by Crippen LogP contribution is 2.45. The van der Waals surface area contributed by atoms with Gasteiger partial charge < -0.3 is 16.0 Å². The molecule has 2 heterocycles. The standard InChI is InChI=1S/C25H30Cl2N4O2.C3H8S/c1-16(2)31(15-23(32)29-20-8-10-28-11-9-20)25(14-17-4-3-5-18(26)12-17)21-7-6-19(27)13-22(21)30-24(25)33;1-3(2)4/h3-7,12-13,16,20,28H,8-11,14-15H2,1-2H3,(H,29,32)(H,30,33);3-4H,1-2H3. The van der Waals surface area contributed by atoms with E-state index >= 15 is 0 Å². The first-order chi connectivity index (χ1) is 17.5. The number of piperidine rings is 1. The minimum atomic E-state index is -1.07. The van der Waals surface area contributed by atoms with Gasteiger partial charge in [0.25, 0.3) is 0 Å². The Labute approximate surface area is 236 Å². The zero-order valence-corrected chi connectivity index (χ0v) is 24.4. The zero-order chi connectivity index (χ0) is 27.2. The molecule has 2 aromatic rings. The fraction of sp³-hybridized carbons (Fsp3) is 0.500. The fourth-order valence-corrected chi connectivity index (χ4v) is 5.37. The third kappa shape index (κ3) is 7.64. The Morgan fingerprint density at radius 3 is 2.38 bits per heavy atom. The normalized spacial score (nSPS) is 19.5. The van der Waals surface area contributed by atoms with Crippen molar-refractivity contribution in [2.75, 3.05) is 25.0 Å². The van der Waals surface area contributed by atoms with Gasteiger partial charge in [-0.1, -0.05) is 55.2 Å². The Balaban J connectivity index is 0.000000886. The van der Waals surface area contributed by atoms with Gasteiger partial charge >= 0.3 is 0 Å². The fourth-order valence-electron chi connectivity index (χ4n) is 4.99. The summed E-state index contributed by atoms with van der Waals surface area (Å²) < 4.78 is 0. The molecule has 3 N–H and O–H groups in total. The van der Waals surface area contributed by atoms with Crippen LogP contribution in [0.3, 0.4) is 0 Å². The van der Waals surface area contributed by atoms with Crippen LogP contribution in [0, 0.1) is 0 Å². The molecule has 0 aliphatic carbocycles. The van der Waals surface area contributed by atoms with Crippen LogP contribution in [0.2, 0.25) is 10.0 Å². The van der Waals surface area contributed by atoms with Crippen molar-refractivity contribution in [2.45, 2.75) is 69.8 Å². The maximum Gasteiger partial charge on any atom is 0.249 e. The Bertz CT molecular complexity index is 1090. The summed E-state index contributed by atoms with van der Waals surface area (Å²) in [6.07, 6.45) is 2.19. The monoisotopic (exact) mass is 564 g/mol. The molecule has 1 saturated heterocycles. The number of fused-ring (bicyclic) bond motifs is 1. The summed E-state index contributed by atoms with van der Waals surface area (Å²) in [5, 5.41) is 11.2. The van der Waals surface area contributed by atoms with Gasteiger partial charge in [0, 0.05) is 39.8 Å². The maximum absolute atomic E-state index is 13.7. The quantitative estimate of drug-likeness (QED) is 0.345. The topological polar surface area (TPSA) is 73.5 Å². The summed E-state index contributed by atoms with van der Waals surface area (Å²) in [6.45, 7) is 9.99. The third-order valence-corrected chi connectivity index (χ3v) is 7.00. The minimum absolute atomic E-state index is 0.0729. The molecule has 2 amide bonds. The van der Waals surface area contributed by atoms with Crippen molar-refractivity contribution in [1.29, 1.82) is 0 Å². The highest BCUT2D eigenvalue weighted by molar-refractivity contribution is 7.80. The molecule has 2 aromatic carbocycles. The van der Waals surface area contributed by atoms with Crippen molar-refractivity contribution in [2.24, 2.45) is 0 Å². The van der Waals surface area contributed by atoms with E-state index in [2.05, 4.69) is 28.6 Å². The predicted molar refractivity (Wildman–Crippen MR) is 157 cm³/mol. The van der Waals surface area contributed by atoms with Gasteiger partial charge in [-0.15, -0.1) is 0 Å². The van der Waals surface area contributed by atoms with Crippen LogP contribution in [-0.2, 0) is 21.5 Å². The van der Waals surface area contributed by atoms with Crippen molar-refractivity contribution in [1.82, 2.24) is 15.5 Å². The second-order valence-corrected chi connectivity index (χ2v) is 12.1. The first-order valence-electron chi connectivity index (χ1n) is 12.8. The molecule has 37 heavy (non-hydrogen) atoms. The number of hydrogen-bond donors (Lipinski definition) is 4. The summed E-state index contributed by atoms with van der Waals surface area (Å²) in [5.74, 6) is -0.237. The zero-order valence-electron chi connectivity index (χ0n) is 22.0. The molecule has 4 rings (SSSR count). The molecule has 1 fully saturated rings. The number of halogens is 2. The van der Waals surface area contributed by atoms with E-state index < -0.39 is 5.54 Å². The smallest absolute Gasteiger partial charge is 0.249 e. The number of nitrogens with zero attached hydrogens (tertiary/aromatic N) is 1. The lowest BCUT2D eigenvalue weighted by Crippen LogP contribution is -2.58. The summed E-state index contributed by atoms with van der Waals surface area (Å²) in [6, 6.07) is 13.1. The number of benzene rings is 2. The number of thiol groups is 1. The lowest BCUT2D eigenvalue weighted by atomic mass is 9.82. The first kappa shape index (κ1) is 29.8. The Morgan fingerprint density at radius 1 is 1.11 bits per heavy atom. The Hall–Kier alpha value is -1.77. The van der Waals surface area contributed by atoms with Crippen molar-refractivity contribution in [3.8, 4) is 0 Å². The predicted octanol–water partition coefficient (Wildman–Crippen LogP) is 5.29. The van der Waals surface area contributed by atoms with E-state index in [1.807, 2.05) is 62.9 Å². The van der Waals surface area contributed by atoms with Crippen LogP contribution in [0.1, 0.15) is 51.7 Å². The molecule has 1 atom stereocenters. The van der Waals surface area contributed by atoms with Crippen LogP contribution in [0.4, 0.5) is 5.69 Å². The number of hydrogen-bond acceptors (Lipinski definition) is 5. The Kier molecular flexibility index (Phi) is 10.7. The molecule has 9 heteroatoms. The highest BCUT2D eigenvalue weighted by Gasteiger charge is 2.52. The number of carbonyl (C=O) groups is 2.